The van der Waals surface area contributed by atoms with E-state index in [-0.39, 0.29) is 5.91 Å². The van der Waals surface area contributed by atoms with Gasteiger partial charge in [0, 0.05) is 12.2 Å². The van der Waals surface area contributed by atoms with Gasteiger partial charge in [0.25, 0.3) is 5.95 Å². The minimum absolute atomic E-state index is 0.121. The first kappa shape index (κ1) is 21.2. The lowest BCUT2D eigenvalue weighted by Gasteiger charge is -2.10. The smallest absolute Gasteiger partial charge is 0.259 e. The third-order valence-corrected chi connectivity index (χ3v) is 6.14. The van der Waals surface area contributed by atoms with Crippen molar-refractivity contribution in [2.24, 2.45) is 0 Å². The van der Waals surface area contributed by atoms with E-state index in [4.69, 9.17) is 11.6 Å². The van der Waals surface area contributed by atoms with Gasteiger partial charge in [0.2, 0.25) is 5.91 Å². The number of anilines is 1. The third-order valence-electron chi connectivity index (χ3n) is 4.88. The van der Waals surface area contributed by atoms with Crippen molar-refractivity contribution in [3.8, 4) is 11.6 Å². The average Bonchev–Trinajstić information content (AvgIpc) is 3.45. The van der Waals surface area contributed by atoms with Crippen LogP contribution in [0.1, 0.15) is 6.42 Å². The van der Waals surface area contributed by atoms with Gasteiger partial charge >= 0.3 is 0 Å². The number of halogens is 1. The second kappa shape index (κ2) is 9.43. The number of rotatable bonds is 7. The van der Waals surface area contributed by atoms with E-state index >= 15 is 0 Å². The first-order chi connectivity index (χ1) is 16.2. The number of hydrogen-bond donors (Lipinski definition) is 1. The molecule has 0 saturated carbocycles. The van der Waals surface area contributed by atoms with Crippen LogP contribution < -0.4 is 5.32 Å². The van der Waals surface area contributed by atoms with E-state index in [1.165, 1.54) is 11.8 Å². The highest BCUT2D eigenvalue weighted by Gasteiger charge is 2.19. The molecule has 3 aromatic carbocycles. The molecule has 0 fully saturated rings. The SMILES string of the molecule is O=C(CCSc1nnc(-n2nnc3ccccc32)n1-c1ccccc1)Nc1ccccc1Cl. The summed E-state index contributed by atoms with van der Waals surface area (Å²) in [6.07, 6.45) is 0.291. The third kappa shape index (κ3) is 4.46. The Morgan fingerprint density at radius 3 is 2.52 bits per heavy atom. The number of fused-ring (bicyclic) bond motifs is 1. The number of carbonyl (C=O) groups is 1. The van der Waals surface area contributed by atoms with Crippen LogP contribution >= 0.6 is 23.4 Å². The summed E-state index contributed by atoms with van der Waals surface area (Å²) in [6.45, 7) is 0. The van der Waals surface area contributed by atoms with Crippen molar-refractivity contribution in [2.45, 2.75) is 11.6 Å². The molecule has 0 aliphatic rings. The molecule has 0 bridgehead atoms. The van der Waals surface area contributed by atoms with Crippen LogP contribution in [0.5, 0.6) is 0 Å². The standard InChI is InChI=1S/C23H18ClN7OS/c24-17-10-4-5-11-18(17)25-21(32)14-15-33-23-28-27-22(30(23)16-8-2-1-3-9-16)31-20-13-7-6-12-19(20)26-29-31/h1-13H,14-15H2,(H,25,32). The van der Waals surface area contributed by atoms with Gasteiger partial charge in [-0.05, 0) is 36.4 Å². The lowest BCUT2D eigenvalue weighted by molar-refractivity contribution is -0.115. The zero-order valence-corrected chi connectivity index (χ0v) is 18.9. The summed E-state index contributed by atoms with van der Waals surface area (Å²) in [6, 6.07) is 24.6. The largest absolute Gasteiger partial charge is 0.325 e. The summed E-state index contributed by atoms with van der Waals surface area (Å²) in [5.41, 5.74) is 3.09. The van der Waals surface area contributed by atoms with Crippen LogP contribution in [-0.4, -0.2) is 41.4 Å². The first-order valence-corrected chi connectivity index (χ1v) is 11.6. The molecule has 33 heavy (non-hydrogen) atoms. The second-order valence-electron chi connectivity index (χ2n) is 7.07. The van der Waals surface area contributed by atoms with Gasteiger partial charge in [-0.15, -0.1) is 15.3 Å². The van der Waals surface area contributed by atoms with Crippen molar-refractivity contribution < 1.29 is 4.79 Å². The van der Waals surface area contributed by atoms with Crippen molar-refractivity contribution in [3.63, 3.8) is 0 Å². The van der Waals surface area contributed by atoms with Crippen LogP contribution in [0.3, 0.4) is 0 Å². The minimum atomic E-state index is -0.121. The summed E-state index contributed by atoms with van der Waals surface area (Å²) in [4.78, 5) is 12.4. The fourth-order valence-corrected chi connectivity index (χ4v) is 4.39. The number of benzene rings is 3. The molecule has 0 spiro atoms. The Morgan fingerprint density at radius 1 is 0.909 bits per heavy atom. The maximum Gasteiger partial charge on any atom is 0.259 e. The van der Waals surface area contributed by atoms with Crippen molar-refractivity contribution in [1.29, 1.82) is 0 Å². The molecule has 2 heterocycles. The Balaban J connectivity index is 1.39. The average molecular weight is 476 g/mol. The number of nitrogens with one attached hydrogen (secondary N) is 1. The Morgan fingerprint density at radius 2 is 1.67 bits per heavy atom. The van der Waals surface area contributed by atoms with Gasteiger partial charge in [-0.1, -0.05) is 71.0 Å². The van der Waals surface area contributed by atoms with E-state index < -0.39 is 0 Å². The van der Waals surface area contributed by atoms with Crippen LogP contribution in [0.25, 0.3) is 22.7 Å². The van der Waals surface area contributed by atoms with Gasteiger partial charge in [-0.2, -0.15) is 4.68 Å². The first-order valence-electron chi connectivity index (χ1n) is 10.2. The van der Waals surface area contributed by atoms with Gasteiger partial charge < -0.3 is 5.32 Å². The van der Waals surface area contributed by atoms with Crippen molar-refractivity contribution in [3.05, 3.63) is 83.9 Å². The predicted octanol–water partition coefficient (Wildman–Crippen LogP) is 4.78. The lowest BCUT2D eigenvalue weighted by Crippen LogP contribution is -2.13. The molecule has 0 saturated heterocycles. The molecular formula is C23H18ClN7OS. The number of para-hydroxylation sites is 3. The molecule has 10 heteroatoms. The highest BCUT2D eigenvalue weighted by Crippen LogP contribution is 2.26. The van der Waals surface area contributed by atoms with Crippen LogP contribution in [0.2, 0.25) is 5.02 Å². The summed E-state index contributed by atoms with van der Waals surface area (Å²) in [5, 5.41) is 21.3. The highest BCUT2D eigenvalue weighted by atomic mass is 35.5. The zero-order chi connectivity index (χ0) is 22.6. The van der Waals surface area contributed by atoms with Crippen LogP contribution in [0.4, 0.5) is 5.69 Å². The van der Waals surface area contributed by atoms with Gasteiger partial charge in [0.1, 0.15) is 5.52 Å². The molecule has 1 amide bonds. The molecule has 8 nitrogen and oxygen atoms in total. The van der Waals surface area contributed by atoms with Gasteiger partial charge in [0.15, 0.2) is 5.16 Å². The molecule has 0 aliphatic heterocycles. The molecular weight excluding hydrogens is 458 g/mol. The van der Waals surface area contributed by atoms with E-state index in [1.807, 2.05) is 71.3 Å². The molecule has 0 atom stereocenters. The van der Waals surface area contributed by atoms with E-state index in [9.17, 15) is 4.79 Å². The second-order valence-corrected chi connectivity index (χ2v) is 8.54. The van der Waals surface area contributed by atoms with E-state index in [2.05, 4.69) is 25.8 Å². The number of aromatic nitrogens is 6. The van der Waals surface area contributed by atoms with Crippen LogP contribution in [0.15, 0.2) is 84.0 Å². The Bertz CT molecular complexity index is 1420. The number of nitrogens with zero attached hydrogens (tertiary/aromatic N) is 6. The number of carbonyl (C=O) groups excluding carboxylic acids is 1. The fourth-order valence-electron chi connectivity index (χ4n) is 3.32. The summed E-state index contributed by atoms with van der Waals surface area (Å²) in [5.74, 6) is 0.918. The topological polar surface area (TPSA) is 90.5 Å². The molecule has 0 unspecified atom stereocenters. The minimum Gasteiger partial charge on any atom is -0.325 e. The summed E-state index contributed by atoms with van der Waals surface area (Å²) in [7, 11) is 0. The number of amides is 1. The molecule has 0 radical (unpaired) electrons. The van der Waals surface area contributed by atoms with Crippen LogP contribution in [0, 0.1) is 0 Å². The Hall–Kier alpha value is -3.69. The maximum absolute atomic E-state index is 12.4. The molecule has 5 rings (SSSR count). The molecule has 2 aromatic heterocycles. The Labute approximate surface area is 198 Å². The molecule has 5 aromatic rings. The van der Waals surface area contributed by atoms with E-state index in [0.29, 0.717) is 34.0 Å². The quantitative estimate of drug-likeness (QED) is 0.341. The zero-order valence-electron chi connectivity index (χ0n) is 17.3. The maximum atomic E-state index is 12.4. The predicted molar refractivity (Wildman–Crippen MR) is 129 cm³/mol. The molecule has 1 N–H and O–H groups in total. The van der Waals surface area contributed by atoms with Crippen molar-refractivity contribution in [2.75, 3.05) is 11.1 Å². The molecule has 0 aliphatic carbocycles. The van der Waals surface area contributed by atoms with Crippen molar-refractivity contribution in [1.82, 2.24) is 29.8 Å². The van der Waals surface area contributed by atoms with Crippen molar-refractivity contribution >= 4 is 46.0 Å². The van der Waals surface area contributed by atoms with E-state index in [1.54, 1.807) is 16.8 Å². The van der Waals surface area contributed by atoms with Gasteiger partial charge in [0.05, 0.1) is 21.9 Å². The van der Waals surface area contributed by atoms with E-state index in [0.717, 1.165) is 16.7 Å². The summed E-state index contributed by atoms with van der Waals surface area (Å²) < 4.78 is 3.58. The highest BCUT2D eigenvalue weighted by molar-refractivity contribution is 7.99. The number of hydrogen-bond acceptors (Lipinski definition) is 6. The normalized spacial score (nSPS) is 11.1. The van der Waals surface area contributed by atoms with Crippen LogP contribution in [-0.2, 0) is 4.79 Å². The van der Waals surface area contributed by atoms with Gasteiger partial charge in [-0.25, -0.2) is 0 Å². The Kier molecular flexibility index (Phi) is 6.05. The fraction of sp³-hybridized carbons (Fsp3) is 0.0870. The lowest BCUT2D eigenvalue weighted by atomic mass is 10.3. The molecule has 164 valence electrons. The monoisotopic (exact) mass is 475 g/mol. The number of thioether (sulfide) groups is 1. The van der Waals surface area contributed by atoms with Gasteiger partial charge in [-0.3, -0.25) is 9.36 Å². The summed E-state index contributed by atoms with van der Waals surface area (Å²) >= 11 is 7.57.